The van der Waals surface area contributed by atoms with Crippen molar-refractivity contribution in [2.24, 2.45) is 5.92 Å². The molecule has 5 heteroatoms. The highest BCUT2D eigenvalue weighted by Gasteiger charge is 2.39. The number of carbonyl (C=O) groups is 1. The van der Waals surface area contributed by atoms with Crippen LogP contribution in [0.4, 0.5) is 4.39 Å². The Balaban J connectivity index is 1.34. The lowest BCUT2D eigenvalue weighted by Gasteiger charge is -2.37. The Morgan fingerprint density at radius 2 is 1.96 bits per heavy atom. The van der Waals surface area contributed by atoms with Gasteiger partial charge in [0.1, 0.15) is 5.82 Å². The van der Waals surface area contributed by atoms with Crippen LogP contribution in [0.5, 0.6) is 0 Å². The van der Waals surface area contributed by atoms with E-state index in [4.69, 9.17) is 0 Å². The van der Waals surface area contributed by atoms with Gasteiger partial charge in [0.25, 0.3) is 0 Å². The minimum atomic E-state index is -0.161. The van der Waals surface area contributed by atoms with Crippen LogP contribution in [-0.2, 0) is 4.79 Å². The first-order valence-electron chi connectivity index (χ1n) is 9.26. The van der Waals surface area contributed by atoms with Gasteiger partial charge in [-0.15, -0.1) is 0 Å². The van der Waals surface area contributed by atoms with Crippen LogP contribution >= 0.6 is 0 Å². The number of nitrogens with zero attached hydrogens (tertiary/aromatic N) is 2. The van der Waals surface area contributed by atoms with E-state index in [0.29, 0.717) is 18.4 Å². The zero-order chi connectivity index (χ0) is 18.1. The summed E-state index contributed by atoms with van der Waals surface area (Å²) in [5.41, 5.74) is 2.24. The van der Waals surface area contributed by atoms with E-state index in [-0.39, 0.29) is 23.7 Å². The molecule has 1 N–H and O–H groups in total. The van der Waals surface area contributed by atoms with Crippen molar-refractivity contribution < 1.29 is 9.18 Å². The summed E-state index contributed by atoms with van der Waals surface area (Å²) in [6, 6.07) is 11.5. The average molecular weight is 353 g/mol. The molecule has 2 fully saturated rings. The molecule has 1 amide bonds. The zero-order valence-corrected chi connectivity index (χ0v) is 14.9. The van der Waals surface area contributed by atoms with E-state index in [9.17, 15) is 9.18 Å². The summed E-state index contributed by atoms with van der Waals surface area (Å²) >= 11 is 0. The summed E-state index contributed by atoms with van der Waals surface area (Å²) in [7, 11) is 1.89. The van der Waals surface area contributed by atoms with E-state index in [1.54, 1.807) is 24.5 Å². The fraction of sp³-hybridized carbons (Fsp3) is 0.429. The van der Waals surface area contributed by atoms with E-state index >= 15 is 0 Å². The SMILES string of the molecule is CN1C(=O)C[C@@H](CNC2CC(c3cccc(F)c3)C2)[C@@H]1c1ccncc1. The molecule has 0 radical (unpaired) electrons. The highest BCUT2D eigenvalue weighted by atomic mass is 19.1. The van der Waals surface area contributed by atoms with E-state index in [0.717, 1.165) is 30.5 Å². The molecule has 1 aromatic heterocycles. The van der Waals surface area contributed by atoms with Gasteiger partial charge in [-0.3, -0.25) is 9.78 Å². The molecule has 0 spiro atoms. The summed E-state index contributed by atoms with van der Waals surface area (Å²) < 4.78 is 13.4. The molecule has 26 heavy (non-hydrogen) atoms. The molecule has 2 aliphatic rings. The van der Waals surface area contributed by atoms with E-state index < -0.39 is 0 Å². The largest absolute Gasteiger partial charge is 0.338 e. The molecule has 136 valence electrons. The lowest BCUT2D eigenvalue weighted by atomic mass is 9.75. The molecule has 1 aromatic carbocycles. The second-order valence-electron chi connectivity index (χ2n) is 7.52. The molecule has 2 atom stereocenters. The molecule has 4 rings (SSSR count). The Kier molecular flexibility index (Phi) is 4.72. The first-order chi connectivity index (χ1) is 12.6. The lowest BCUT2D eigenvalue weighted by Crippen LogP contribution is -2.43. The minimum Gasteiger partial charge on any atom is -0.338 e. The molecular formula is C21H24FN3O. The number of hydrogen-bond acceptors (Lipinski definition) is 3. The van der Waals surface area contributed by atoms with Crippen LogP contribution < -0.4 is 5.32 Å². The number of amides is 1. The van der Waals surface area contributed by atoms with E-state index in [1.807, 2.05) is 30.1 Å². The Hall–Kier alpha value is -2.27. The quantitative estimate of drug-likeness (QED) is 0.897. The van der Waals surface area contributed by atoms with Gasteiger partial charge in [0.15, 0.2) is 0 Å². The van der Waals surface area contributed by atoms with Gasteiger partial charge in [0.2, 0.25) is 5.91 Å². The number of benzene rings is 1. The predicted octanol–water partition coefficient (Wildman–Crippen LogP) is 3.28. The molecule has 4 nitrogen and oxygen atoms in total. The highest BCUT2D eigenvalue weighted by molar-refractivity contribution is 5.79. The lowest BCUT2D eigenvalue weighted by molar-refractivity contribution is -0.127. The van der Waals surface area contributed by atoms with Crippen molar-refractivity contribution in [1.29, 1.82) is 0 Å². The molecule has 0 bridgehead atoms. The van der Waals surface area contributed by atoms with Gasteiger partial charge in [-0.2, -0.15) is 0 Å². The monoisotopic (exact) mass is 353 g/mol. The fourth-order valence-electron chi connectivity index (χ4n) is 4.33. The Morgan fingerprint density at radius 3 is 2.69 bits per heavy atom. The predicted molar refractivity (Wildman–Crippen MR) is 98.0 cm³/mol. The fourth-order valence-corrected chi connectivity index (χ4v) is 4.33. The second kappa shape index (κ2) is 7.16. The summed E-state index contributed by atoms with van der Waals surface area (Å²) in [6.07, 6.45) is 6.20. The molecule has 2 heterocycles. The van der Waals surface area contributed by atoms with Gasteiger partial charge in [-0.05, 0) is 54.2 Å². The molecule has 1 aliphatic carbocycles. The van der Waals surface area contributed by atoms with E-state index in [2.05, 4.69) is 10.3 Å². The van der Waals surface area contributed by atoms with Gasteiger partial charge in [0, 0.05) is 44.4 Å². The Morgan fingerprint density at radius 1 is 1.19 bits per heavy atom. The van der Waals surface area contributed by atoms with Crippen LogP contribution in [-0.4, -0.2) is 35.4 Å². The maximum Gasteiger partial charge on any atom is 0.223 e. The number of hydrogen-bond donors (Lipinski definition) is 1. The maximum atomic E-state index is 13.4. The number of nitrogens with one attached hydrogen (secondary N) is 1. The zero-order valence-electron chi connectivity index (χ0n) is 14.9. The van der Waals surface area contributed by atoms with Crippen LogP contribution in [0.2, 0.25) is 0 Å². The third kappa shape index (κ3) is 3.36. The normalized spacial score (nSPS) is 28.2. The standard InChI is InChI=1S/C21H24FN3O/c1-25-20(26)12-17(21(25)14-5-7-23-8-6-14)13-24-19-10-16(11-19)15-3-2-4-18(22)9-15/h2-9,16-17,19,21,24H,10-13H2,1H3/t16?,17-,19?,21-/m0/s1. The number of rotatable bonds is 5. The van der Waals surface area contributed by atoms with Crippen molar-refractivity contribution in [2.45, 2.75) is 37.3 Å². The minimum absolute atomic E-state index is 0.108. The van der Waals surface area contributed by atoms with Crippen molar-refractivity contribution in [2.75, 3.05) is 13.6 Å². The van der Waals surface area contributed by atoms with Crippen LogP contribution in [0.25, 0.3) is 0 Å². The molecule has 2 aromatic rings. The number of carbonyl (C=O) groups excluding carboxylic acids is 1. The van der Waals surface area contributed by atoms with Gasteiger partial charge in [-0.25, -0.2) is 4.39 Å². The number of pyridine rings is 1. The van der Waals surface area contributed by atoms with Crippen LogP contribution in [0, 0.1) is 11.7 Å². The summed E-state index contributed by atoms with van der Waals surface area (Å²) in [5.74, 6) is 0.742. The number of likely N-dealkylation sites (tertiary alicyclic amines) is 1. The Bertz CT molecular complexity index is 776. The van der Waals surface area contributed by atoms with Crippen molar-refractivity contribution in [1.82, 2.24) is 15.2 Å². The third-order valence-corrected chi connectivity index (χ3v) is 5.87. The number of halogens is 1. The van der Waals surface area contributed by atoms with E-state index in [1.165, 1.54) is 6.07 Å². The van der Waals surface area contributed by atoms with Crippen molar-refractivity contribution >= 4 is 5.91 Å². The summed E-state index contributed by atoms with van der Waals surface area (Å²) in [4.78, 5) is 18.2. The van der Waals surface area contributed by atoms with Crippen LogP contribution in [0.3, 0.4) is 0 Å². The molecule has 1 saturated carbocycles. The molecular weight excluding hydrogens is 329 g/mol. The van der Waals surface area contributed by atoms with Gasteiger partial charge in [-0.1, -0.05) is 12.1 Å². The second-order valence-corrected chi connectivity index (χ2v) is 7.52. The van der Waals surface area contributed by atoms with Crippen molar-refractivity contribution in [3.05, 3.63) is 65.7 Å². The third-order valence-electron chi connectivity index (χ3n) is 5.87. The van der Waals surface area contributed by atoms with Crippen LogP contribution in [0.15, 0.2) is 48.8 Å². The number of aromatic nitrogens is 1. The summed E-state index contributed by atoms with van der Waals surface area (Å²) in [6.45, 7) is 0.823. The molecule has 1 aliphatic heterocycles. The molecule has 1 saturated heterocycles. The average Bonchev–Trinajstić information content (AvgIpc) is 2.88. The van der Waals surface area contributed by atoms with Crippen LogP contribution in [0.1, 0.15) is 42.3 Å². The highest BCUT2D eigenvalue weighted by Crippen LogP contribution is 2.39. The van der Waals surface area contributed by atoms with Gasteiger partial charge < -0.3 is 10.2 Å². The van der Waals surface area contributed by atoms with Gasteiger partial charge >= 0.3 is 0 Å². The Labute approximate surface area is 153 Å². The maximum absolute atomic E-state index is 13.4. The first kappa shape index (κ1) is 17.2. The molecule has 0 unspecified atom stereocenters. The smallest absolute Gasteiger partial charge is 0.223 e. The van der Waals surface area contributed by atoms with Crippen molar-refractivity contribution in [3.63, 3.8) is 0 Å². The first-order valence-corrected chi connectivity index (χ1v) is 9.26. The topological polar surface area (TPSA) is 45.2 Å². The van der Waals surface area contributed by atoms with Gasteiger partial charge in [0.05, 0.1) is 6.04 Å². The summed E-state index contributed by atoms with van der Waals surface area (Å²) in [5, 5.41) is 3.63. The van der Waals surface area contributed by atoms with Crippen molar-refractivity contribution in [3.8, 4) is 0 Å².